The Morgan fingerprint density at radius 3 is 2.79 bits per heavy atom. The van der Waals surface area contributed by atoms with Gasteiger partial charge < -0.3 is 29.3 Å². The highest BCUT2D eigenvalue weighted by Gasteiger charge is 2.48. The molecule has 34 heavy (non-hydrogen) atoms. The number of aliphatic hydroxyl groups is 1. The number of rotatable bonds is 7. The molecule has 3 unspecified atom stereocenters. The van der Waals surface area contributed by atoms with Gasteiger partial charge in [-0.05, 0) is 24.6 Å². The van der Waals surface area contributed by atoms with Crippen LogP contribution in [0.3, 0.4) is 0 Å². The molecule has 2 aliphatic heterocycles. The Hall–Kier alpha value is -3.41. The van der Waals surface area contributed by atoms with Crippen molar-refractivity contribution in [1.82, 2.24) is 25.0 Å². The molecule has 3 aromatic rings. The van der Waals surface area contributed by atoms with E-state index in [0.717, 1.165) is 6.42 Å². The Morgan fingerprint density at radius 1 is 1.24 bits per heavy atom. The highest BCUT2D eigenvalue weighted by atomic mass is 16.5. The molecular formula is C23H26N6O5. The summed E-state index contributed by atoms with van der Waals surface area (Å²) in [5.41, 5.74) is 0.531. The van der Waals surface area contributed by atoms with Crippen LogP contribution in [-0.2, 0) is 19.9 Å². The zero-order valence-electron chi connectivity index (χ0n) is 19.0. The number of nitrogens with one attached hydrogen (secondary N) is 1. The molecule has 3 aromatic heterocycles. The van der Waals surface area contributed by atoms with Gasteiger partial charge in [0.2, 0.25) is 11.5 Å². The third-order valence-corrected chi connectivity index (χ3v) is 6.12. The predicted octanol–water partition coefficient (Wildman–Crippen LogP) is 1.46. The van der Waals surface area contributed by atoms with E-state index in [0.29, 0.717) is 48.5 Å². The Balaban J connectivity index is 1.34. The summed E-state index contributed by atoms with van der Waals surface area (Å²) in [4.78, 5) is 27.4. The number of hydrogen-bond donors (Lipinski definition) is 2. The fourth-order valence-corrected chi connectivity index (χ4v) is 4.25. The lowest BCUT2D eigenvalue weighted by Gasteiger charge is -2.16. The molecule has 3 atom stereocenters. The summed E-state index contributed by atoms with van der Waals surface area (Å²) in [5, 5.41) is 18.2. The number of nitrogens with zero attached hydrogens (tertiary/aromatic N) is 5. The predicted molar refractivity (Wildman–Crippen MR) is 121 cm³/mol. The van der Waals surface area contributed by atoms with Crippen molar-refractivity contribution in [3.05, 3.63) is 42.3 Å². The van der Waals surface area contributed by atoms with Crippen LogP contribution in [0, 0.1) is 0 Å². The molecule has 11 nitrogen and oxygen atoms in total. The molecule has 0 aliphatic carbocycles. The molecule has 5 heterocycles. The minimum atomic E-state index is -1.70. The van der Waals surface area contributed by atoms with E-state index in [1.165, 1.54) is 4.90 Å². The van der Waals surface area contributed by atoms with Gasteiger partial charge in [-0.3, -0.25) is 4.79 Å². The second-order valence-electron chi connectivity index (χ2n) is 8.57. The summed E-state index contributed by atoms with van der Waals surface area (Å²) in [6, 6.07) is 8.90. The maximum atomic E-state index is 12.4. The van der Waals surface area contributed by atoms with Gasteiger partial charge in [0, 0.05) is 39.4 Å². The normalized spacial score (nSPS) is 24.7. The molecule has 2 fully saturated rings. The van der Waals surface area contributed by atoms with Gasteiger partial charge in [-0.1, -0.05) is 11.2 Å². The summed E-state index contributed by atoms with van der Waals surface area (Å²) in [6.07, 6.45) is 2.80. The van der Waals surface area contributed by atoms with Crippen molar-refractivity contribution >= 4 is 11.9 Å². The quantitative estimate of drug-likeness (QED) is 0.527. The molecule has 1 amide bonds. The van der Waals surface area contributed by atoms with Crippen molar-refractivity contribution in [2.75, 3.05) is 39.2 Å². The molecule has 2 aliphatic rings. The summed E-state index contributed by atoms with van der Waals surface area (Å²) in [7, 11) is 3.30. The molecule has 0 bridgehead atoms. The molecule has 0 spiro atoms. The third-order valence-electron chi connectivity index (χ3n) is 6.12. The summed E-state index contributed by atoms with van der Waals surface area (Å²) < 4.78 is 16.2. The zero-order chi connectivity index (χ0) is 23.7. The van der Waals surface area contributed by atoms with E-state index in [1.807, 2.05) is 12.1 Å². The van der Waals surface area contributed by atoms with E-state index in [-0.39, 0.29) is 24.3 Å². The van der Waals surface area contributed by atoms with Crippen LogP contribution in [0.1, 0.15) is 18.6 Å². The van der Waals surface area contributed by atoms with Crippen LogP contribution in [0.2, 0.25) is 0 Å². The van der Waals surface area contributed by atoms with E-state index < -0.39 is 11.5 Å². The molecule has 2 saturated heterocycles. The molecule has 5 rings (SSSR count). The topological polar surface area (TPSA) is 136 Å². The number of likely N-dealkylation sites (N-methyl/N-ethyl adjacent to an activating group) is 1. The smallest absolute Gasteiger partial charge is 0.262 e. The highest BCUT2D eigenvalue weighted by molar-refractivity contribution is 5.87. The van der Waals surface area contributed by atoms with Crippen molar-refractivity contribution in [3.63, 3.8) is 0 Å². The van der Waals surface area contributed by atoms with Crippen LogP contribution in [0.15, 0.2) is 41.1 Å². The lowest BCUT2D eigenvalue weighted by atomic mass is 9.98. The largest absolute Gasteiger partial charge is 0.382 e. The number of carbonyl (C=O) groups excluding carboxylic acids is 1. The van der Waals surface area contributed by atoms with Crippen molar-refractivity contribution in [1.29, 1.82) is 0 Å². The fourth-order valence-electron chi connectivity index (χ4n) is 4.25. The molecular weight excluding hydrogens is 440 g/mol. The Bertz CT molecular complexity index is 1190. The van der Waals surface area contributed by atoms with E-state index in [1.54, 1.807) is 38.6 Å². The van der Waals surface area contributed by atoms with E-state index in [9.17, 15) is 9.90 Å². The minimum absolute atomic E-state index is 0.0642. The Morgan fingerprint density at radius 2 is 2.03 bits per heavy atom. The van der Waals surface area contributed by atoms with Crippen LogP contribution in [0.25, 0.3) is 22.8 Å². The molecule has 0 aromatic carbocycles. The minimum Gasteiger partial charge on any atom is -0.382 e. The number of pyridine rings is 1. The van der Waals surface area contributed by atoms with Gasteiger partial charge in [0.25, 0.3) is 5.91 Å². The zero-order valence-corrected chi connectivity index (χ0v) is 19.0. The second-order valence-corrected chi connectivity index (χ2v) is 8.57. The second kappa shape index (κ2) is 9.09. The third kappa shape index (κ3) is 4.25. The molecule has 0 radical (unpaired) electrons. The average Bonchev–Trinajstić information content (AvgIpc) is 3.58. The molecule has 0 saturated carbocycles. The van der Waals surface area contributed by atoms with Gasteiger partial charge in [-0.25, -0.2) is 15.0 Å². The monoisotopic (exact) mass is 466 g/mol. The van der Waals surface area contributed by atoms with Crippen molar-refractivity contribution in [3.8, 4) is 22.8 Å². The SMILES string of the molecule is COCC1CC(Nc2nccc(-c3cccc(-c4cc(C5(O)CCN(C)C5=O)on4)n3)n2)CO1. The number of likely N-dealkylation sites (tertiary alicyclic amines) is 1. The van der Waals surface area contributed by atoms with Gasteiger partial charge in [-0.2, -0.15) is 0 Å². The molecule has 11 heteroatoms. The van der Waals surface area contributed by atoms with Crippen LogP contribution >= 0.6 is 0 Å². The van der Waals surface area contributed by atoms with Gasteiger partial charge in [-0.15, -0.1) is 0 Å². The van der Waals surface area contributed by atoms with Gasteiger partial charge in [0.1, 0.15) is 5.69 Å². The van der Waals surface area contributed by atoms with Crippen LogP contribution in [0.5, 0.6) is 0 Å². The lowest BCUT2D eigenvalue weighted by molar-refractivity contribution is -0.144. The van der Waals surface area contributed by atoms with Gasteiger partial charge in [0.05, 0.1) is 42.4 Å². The van der Waals surface area contributed by atoms with E-state index in [2.05, 4.69) is 25.4 Å². The van der Waals surface area contributed by atoms with Crippen LogP contribution in [0.4, 0.5) is 5.95 Å². The number of hydrogen-bond acceptors (Lipinski definition) is 10. The lowest BCUT2D eigenvalue weighted by Crippen LogP contribution is -2.35. The summed E-state index contributed by atoms with van der Waals surface area (Å²) in [6.45, 7) is 1.57. The average molecular weight is 466 g/mol. The van der Waals surface area contributed by atoms with Gasteiger partial charge in [0.15, 0.2) is 5.76 Å². The maximum Gasteiger partial charge on any atom is 0.262 e. The number of methoxy groups -OCH3 is 1. The highest BCUT2D eigenvalue weighted by Crippen LogP contribution is 2.34. The van der Waals surface area contributed by atoms with Gasteiger partial charge >= 0.3 is 0 Å². The van der Waals surface area contributed by atoms with Crippen LogP contribution < -0.4 is 5.32 Å². The first kappa shape index (κ1) is 22.4. The Labute approximate surface area is 196 Å². The number of ether oxygens (including phenoxy) is 2. The fraction of sp³-hybridized carbons (Fsp3) is 0.435. The Kier molecular flexibility index (Phi) is 5.98. The van der Waals surface area contributed by atoms with Crippen molar-refractivity contribution < 1.29 is 23.9 Å². The van der Waals surface area contributed by atoms with E-state index >= 15 is 0 Å². The molecule has 2 N–H and O–H groups in total. The number of carbonyl (C=O) groups is 1. The van der Waals surface area contributed by atoms with Crippen molar-refractivity contribution in [2.45, 2.75) is 30.6 Å². The standard InChI is InChI=1S/C23H26N6O5/c1-29-9-7-23(31,21(29)30)20-11-19(28-34-20)17-5-3-4-16(26-17)18-6-8-24-22(27-18)25-14-10-15(13-32-2)33-12-14/h3-6,8,11,14-15,31H,7,9-10,12-13H2,1-2H3,(H,24,25,27). The molecule has 178 valence electrons. The maximum absolute atomic E-state index is 12.4. The van der Waals surface area contributed by atoms with E-state index in [4.69, 9.17) is 14.0 Å². The number of amides is 1. The first-order valence-electron chi connectivity index (χ1n) is 11.1. The summed E-state index contributed by atoms with van der Waals surface area (Å²) >= 11 is 0. The first-order chi connectivity index (χ1) is 16.5. The van der Waals surface area contributed by atoms with Crippen LogP contribution in [-0.4, -0.2) is 82.1 Å². The summed E-state index contributed by atoms with van der Waals surface area (Å²) in [5.74, 6) is 0.202. The van der Waals surface area contributed by atoms with Crippen molar-refractivity contribution in [2.24, 2.45) is 0 Å². The number of aromatic nitrogens is 4. The first-order valence-corrected chi connectivity index (χ1v) is 11.1. The number of anilines is 1.